The van der Waals surface area contributed by atoms with Crippen LogP contribution >= 0.6 is 22.9 Å². The Morgan fingerprint density at radius 3 is 2.89 bits per heavy atom. The second-order valence-electron chi connectivity index (χ2n) is 3.78. The second-order valence-corrected chi connectivity index (χ2v) is 5.17. The van der Waals surface area contributed by atoms with E-state index in [9.17, 15) is 0 Å². The number of benzene rings is 1. The summed E-state index contributed by atoms with van der Waals surface area (Å²) in [5.41, 5.74) is 1.06. The van der Waals surface area contributed by atoms with Crippen molar-refractivity contribution in [1.29, 1.82) is 0 Å². The van der Waals surface area contributed by atoms with Gasteiger partial charge in [0.05, 0.1) is 11.3 Å². The van der Waals surface area contributed by atoms with Crippen LogP contribution in [0.2, 0.25) is 5.02 Å². The molecule has 3 rings (SSSR count). The lowest BCUT2D eigenvalue weighted by atomic mass is 10.1. The number of rotatable bonds is 3. The Morgan fingerprint density at radius 1 is 1.17 bits per heavy atom. The van der Waals surface area contributed by atoms with Crippen LogP contribution in [0.25, 0.3) is 10.8 Å². The summed E-state index contributed by atoms with van der Waals surface area (Å²) in [6, 6.07) is 11.6. The van der Waals surface area contributed by atoms with Crippen molar-refractivity contribution in [1.82, 2.24) is 10.2 Å². The molecule has 0 amide bonds. The fourth-order valence-electron chi connectivity index (χ4n) is 1.65. The van der Waals surface area contributed by atoms with Crippen LogP contribution in [-0.4, -0.2) is 10.2 Å². The van der Waals surface area contributed by atoms with Crippen molar-refractivity contribution in [2.24, 2.45) is 0 Å². The molecule has 18 heavy (non-hydrogen) atoms. The van der Waals surface area contributed by atoms with Crippen molar-refractivity contribution >= 4 is 22.9 Å². The van der Waals surface area contributed by atoms with Gasteiger partial charge in [-0.25, -0.2) is 0 Å². The van der Waals surface area contributed by atoms with Crippen molar-refractivity contribution in [2.45, 2.75) is 6.42 Å². The minimum Gasteiger partial charge on any atom is -0.420 e. The average molecular weight is 277 g/mol. The zero-order valence-electron chi connectivity index (χ0n) is 9.34. The van der Waals surface area contributed by atoms with Gasteiger partial charge in [0.1, 0.15) is 0 Å². The second kappa shape index (κ2) is 4.92. The van der Waals surface area contributed by atoms with Crippen molar-refractivity contribution in [2.75, 3.05) is 0 Å². The SMILES string of the molecule is Clc1cccc(Cc2nnc(-c3cccs3)o2)c1. The summed E-state index contributed by atoms with van der Waals surface area (Å²) in [6.07, 6.45) is 0.596. The zero-order valence-corrected chi connectivity index (χ0v) is 10.9. The molecule has 0 N–H and O–H groups in total. The Hall–Kier alpha value is -1.65. The summed E-state index contributed by atoms with van der Waals surface area (Å²) in [5, 5.41) is 10.8. The summed E-state index contributed by atoms with van der Waals surface area (Å²) in [5.74, 6) is 1.17. The molecule has 0 spiro atoms. The molecule has 0 bridgehead atoms. The molecular weight excluding hydrogens is 268 g/mol. The molecule has 0 saturated heterocycles. The van der Waals surface area contributed by atoms with Crippen molar-refractivity contribution < 1.29 is 4.42 Å². The Balaban J connectivity index is 1.82. The molecule has 0 atom stereocenters. The van der Waals surface area contributed by atoms with E-state index in [-0.39, 0.29) is 0 Å². The molecule has 3 nitrogen and oxygen atoms in total. The van der Waals surface area contributed by atoms with E-state index in [4.69, 9.17) is 16.0 Å². The normalized spacial score (nSPS) is 10.7. The highest BCUT2D eigenvalue weighted by atomic mass is 35.5. The molecule has 0 aliphatic heterocycles. The van der Waals surface area contributed by atoms with E-state index >= 15 is 0 Å². The first kappa shape index (κ1) is 11.4. The predicted octanol–water partition coefficient (Wildman–Crippen LogP) is 4.04. The van der Waals surface area contributed by atoms with E-state index < -0.39 is 0 Å². The van der Waals surface area contributed by atoms with Crippen LogP contribution in [0, 0.1) is 0 Å². The summed E-state index contributed by atoms with van der Waals surface area (Å²) in [4.78, 5) is 0.986. The summed E-state index contributed by atoms with van der Waals surface area (Å²) < 4.78 is 5.62. The lowest BCUT2D eigenvalue weighted by Gasteiger charge is -1.96. The van der Waals surface area contributed by atoms with E-state index in [1.54, 1.807) is 11.3 Å². The Kier molecular flexibility index (Phi) is 3.13. The first-order chi connectivity index (χ1) is 8.81. The maximum absolute atomic E-state index is 5.93. The smallest absolute Gasteiger partial charge is 0.257 e. The Labute approximate surface area is 113 Å². The fraction of sp³-hybridized carbons (Fsp3) is 0.0769. The summed E-state index contributed by atoms with van der Waals surface area (Å²) in [6.45, 7) is 0. The van der Waals surface area contributed by atoms with Gasteiger partial charge in [-0.05, 0) is 29.1 Å². The van der Waals surface area contributed by atoms with E-state index in [0.717, 1.165) is 10.4 Å². The number of halogens is 1. The fourth-order valence-corrected chi connectivity index (χ4v) is 2.50. The minimum absolute atomic E-state index is 0.571. The van der Waals surface area contributed by atoms with E-state index in [2.05, 4.69) is 10.2 Å². The molecule has 0 saturated carbocycles. The molecule has 0 unspecified atom stereocenters. The molecule has 0 aliphatic rings. The van der Waals surface area contributed by atoms with Gasteiger partial charge in [0, 0.05) is 5.02 Å². The third-order valence-electron chi connectivity index (χ3n) is 2.44. The molecular formula is C13H9ClN2OS. The maximum atomic E-state index is 5.93. The average Bonchev–Trinajstić information content (AvgIpc) is 2.98. The number of hydrogen-bond donors (Lipinski definition) is 0. The topological polar surface area (TPSA) is 38.9 Å². The molecule has 2 aromatic heterocycles. The molecule has 90 valence electrons. The van der Waals surface area contributed by atoms with Gasteiger partial charge in [-0.2, -0.15) is 0 Å². The highest BCUT2D eigenvalue weighted by Crippen LogP contribution is 2.23. The van der Waals surface area contributed by atoms with Crippen LogP contribution in [0.3, 0.4) is 0 Å². The van der Waals surface area contributed by atoms with Crippen LogP contribution in [0.1, 0.15) is 11.5 Å². The van der Waals surface area contributed by atoms with Gasteiger partial charge in [-0.3, -0.25) is 0 Å². The quantitative estimate of drug-likeness (QED) is 0.725. The third-order valence-corrected chi connectivity index (χ3v) is 3.54. The lowest BCUT2D eigenvalue weighted by molar-refractivity contribution is 0.519. The molecule has 3 aromatic rings. The van der Waals surface area contributed by atoms with Crippen LogP contribution in [0.5, 0.6) is 0 Å². The first-order valence-corrected chi connectivity index (χ1v) is 6.68. The minimum atomic E-state index is 0.571. The lowest BCUT2D eigenvalue weighted by Crippen LogP contribution is -1.87. The third kappa shape index (κ3) is 2.44. The monoisotopic (exact) mass is 276 g/mol. The van der Waals surface area contributed by atoms with E-state index in [1.165, 1.54) is 0 Å². The highest BCUT2D eigenvalue weighted by Gasteiger charge is 2.09. The molecule has 0 radical (unpaired) electrons. The van der Waals surface area contributed by atoms with Crippen LogP contribution in [-0.2, 0) is 6.42 Å². The molecule has 2 heterocycles. The van der Waals surface area contributed by atoms with E-state index in [1.807, 2.05) is 41.8 Å². The van der Waals surface area contributed by atoms with Crippen molar-refractivity contribution in [3.05, 3.63) is 58.3 Å². The van der Waals surface area contributed by atoms with Gasteiger partial charge in [-0.1, -0.05) is 29.8 Å². The summed E-state index contributed by atoms with van der Waals surface area (Å²) >= 11 is 7.51. The maximum Gasteiger partial charge on any atom is 0.257 e. The number of thiophene rings is 1. The van der Waals surface area contributed by atoms with Gasteiger partial charge in [-0.15, -0.1) is 21.5 Å². The predicted molar refractivity (Wildman–Crippen MR) is 71.9 cm³/mol. The van der Waals surface area contributed by atoms with Gasteiger partial charge < -0.3 is 4.42 Å². The standard InChI is InChI=1S/C13H9ClN2OS/c14-10-4-1-3-9(7-10)8-12-15-16-13(17-12)11-5-2-6-18-11/h1-7H,8H2. The van der Waals surface area contributed by atoms with Gasteiger partial charge in [0.15, 0.2) is 0 Å². The van der Waals surface area contributed by atoms with Gasteiger partial charge in [0.2, 0.25) is 5.89 Å². The summed E-state index contributed by atoms with van der Waals surface area (Å²) in [7, 11) is 0. The van der Waals surface area contributed by atoms with Gasteiger partial charge in [0.25, 0.3) is 5.89 Å². The van der Waals surface area contributed by atoms with Crippen LogP contribution in [0.4, 0.5) is 0 Å². The first-order valence-electron chi connectivity index (χ1n) is 5.42. The Bertz CT molecular complexity index is 649. The number of aromatic nitrogens is 2. The van der Waals surface area contributed by atoms with Gasteiger partial charge >= 0.3 is 0 Å². The van der Waals surface area contributed by atoms with E-state index in [0.29, 0.717) is 23.2 Å². The zero-order chi connectivity index (χ0) is 12.4. The number of nitrogens with zero attached hydrogens (tertiary/aromatic N) is 2. The highest BCUT2D eigenvalue weighted by molar-refractivity contribution is 7.13. The molecule has 1 aromatic carbocycles. The van der Waals surface area contributed by atoms with Crippen molar-refractivity contribution in [3.63, 3.8) is 0 Å². The molecule has 0 aliphatic carbocycles. The largest absolute Gasteiger partial charge is 0.420 e. The van der Waals surface area contributed by atoms with Crippen LogP contribution < -0.4 is 0 Å². The van der Waals surface area contributed by atoms with Crippen molar-refractivity contribution in [3.8, 4) is 10.8 Å². The Morgan fingerprint density at radius 2 is 2.11 bits per heavy atom. The van der Waals surface area contributed by atoms with Crippen LogP contribution in [0.15, 0.2) is 46.2 Å². The number of hydrogen-bond acceptors (Lipinski definition) is 4. The molecule has 0 fully saturated rings. The molecule has 5 heteroatoms.